The Hall–Kier alpha value is -2.00. The van der Waals surface area contributed by atoms with Crippen molar-refractivity contribution in [2.75, 3.05) is 5.73 Å². The van der Waals surface area contributed by atoms with Crippen molar-refractivity contribution in [3.63, 3.8) is 0 Å². The van der Waals surface area contributed by atoms with Crippen LogP contribution in [0.4, 0.5) is 5.69 Å². The molecule has 4 N–H and O–H groups in total. The number of rotatable bonds is 4. The van der Waals surface area contributed by atoms with Crippen LogP contribution in [0.25, 0.3) is 0 Å². The van der Waals surface area contributed by atoms with Gasteiger partial charge in [0.15, 0.2) is 5.82 Å². The van der Waals surface area contributed by atoms with Crippen molar-refractivity contribution in [2.24, 2.45) is 0 Å². The molecule has 9 heteroatoms. The highest BCUT2D eigenvalue weighted by atomic mass is 32.2. The van der Waals surface area contributed by atoms with Crippen LogP contribution >= 0.6 is 0 Å². The highest BCUT2D eigenvalue weighted by Gasteiger charge is 2.22. The third kappa shape index (κ3) is 2.88. The first-order valence-corrected chi connectivity index (χ1v) is 7.00. The molecule has 1 atom stereocenters. The average molecular weight is 282 g/mol. The van der Waals surface area contributed by atoms with Gasteiger partial charge in [0.1, 0.15) is 4.90 Å². The Morgan fingerprint density at radius 2 is 2.16 bits per heavy atom. The van der Waals surface area contributed by atoms with Gasteiger partial charge in [0.25, 0.3) is 0 Å². The van der Waals surface area contributed by atoms with Crippen molar-refractivity contribution >= 4 is 15.7 Å². The highest BCUT2D eigenvalue weighted by Crippen LogP contribution is 2.21. The van der Waals surface area contributed by atoms with E-state index in [1.54, 1.807) is 19.1 Å². The van der Waals surface area contributed by atoms with E-state index >= 15 is 0 Å². The number of anilines is 1. The van der Waals surface area contributed by atoms with Crippen molar-refractivity contribution in [1.29, 1.82) is 0 Å². The van der Waals surface area contributed by atoms with Crippen molar-refractivity contribution in [1.82, 2.24) is 25.3 Å². The van der Waals surface area contributed by atoms with E-state index in [2.05, 4.69) is 25.3 Å². The van der Waals surface area contributed by atoms with Crippen LogP contribution in [0.1, 0.15) is 24.4 Å². The average Bonchev–Trinajstić information content (AvgIpc) is 2.80. The zero-order valence-electron chi connectivity index (χ0n) is 10.5. The number of nitrogens with zero attached hydrogens (tertiary/aromatic N) is 3. The Balaban J connectivity index is 2.28. The van der Waals surface area contributed by atoms with Crippen LogP contribution in [0, 0.1) is 6.92 Å². The number of nitrogens with two attached hydrogens (primary N) is 1. The summed E-state index contributed by atoms with van der Waals surface area (Å²) >= 11 is 0. The van der Waals surface area contributed by atoms with Crippen LogP contribution in [0.5, 0.6) is 0 Å². The van der Waals surface area contributed by atoms with Gasteiger partial charge in [0, 0.05) is 0 Å². The summed E-state index contributed by atoms with van der Waals surface area (Å²) in [7, 11) is -3.73. The molecular formula is C10H14N6O2S. The molecule has 0 spiro atoms. The molecule has 0 aliphatic carbocycles. The second kappa shape index (κ2) is 4.94. The molecule has 0 saturated heterocycles. The fourth-order valence-corrected chi connectivity index (χ4v) is 2.93. The minimum Gasteiger partial charge on any atom is -0.398 e. The van der Waals surface area contributed by atoms with Crippen LogP contribution < -0.4 is 10.5 Å². The number of nitrogen functional groups attached to an aromatic ring is 1. The van der Waals surface area contributed by atoms with E-state index < -0.39 is 16.1 Å². The van der Waals surface area contributed by atoms with Gasteiger partial charge in [-0.05, 0) is 31.5 Å². The predicted octanol–water partition coefficient (Wildman–Crippen LogP) is 0.130. The monoisotopic (exact) mass is 282 g/mol. The molecule has 0 radical (unpaired) electrons. The van der Waals surface area contributed by atoms with Gasteiger partial charge < -0.3 is 5.73 Å². The molecule has 1 aromatic heterocycles. The van der Waals surface area contributed by atoms with E-state index in [1.807, 2.05) is 6.92 Å². The Morgan fingerprint density at radius 3 is 2.74 bits per heavy atom. The topological polar surface area (TPSA) is 127 Å². The number of sulfonamides is 1. The highest BCUT2D eigenvalue weighted by molar-refractivity contribution is 7.89. The SMILES string of the molecule is Cc1ccc(S(=O)(=O)NC(C)c2nn[nH]n2)c(N)c1. The fraction of sp³-hybridized carbons (Fsp3) is 0.300. The summed E-state index contributed by atoms with van der Waals surface area (Å²) in [5, 5.41) is 13.1. The summed E-state index contributed by atoms with van der Waals surface area (Å²) in [5.74, 6) is 0.259. The lowest BCUT2D eigenvalue weighted by Gasteiger charge is -2.12. The molecule has 8 nitrogen and oxygen atoms in total. The molecule has 0 aliphatic rings. The quantitative estimate of drug-likeness (QED) is 0.684. The summed E-state index contributed by atoms with van der Waals surface area (Å²) in [5.41, 5.74) is 6.83. The number of hydrogen-bond acceptors (Lipinski definition) is 6. The van der Waals surface area contributed by atoms with E-state index in [0.29, 0.717) is 0 Å². The summed E-state index contributed by atoms with van der Waals surface area (Å²) in [6, 6.07) is 4.15. The Morgan fingerprint density at radius 1 is 1.42 bits per heavy atom. The summed E-state index contributed by atoms with van der Waals surface area (Å²) < 4.78 is 26.8. The molecule has 2 aromatic rings. The number of tetrazole rings is 1. The molecule has 19 heavy (non-hydrogen) atoms. The molecule has 0 saturated carbocycles. The zero-order valence-corrected chi connectivity index (χ0v) is 11.3. The maximum atomic E-state index is 12.2. The van der Waals surface area contributed by atoms with E-state index in [1.165, 1.54) is 6.07 Å². The summed E-state index contributed by atoms with van der Waals surface area (Å²) in [6.45, 7) is 3.45. The molecule has 2 rings (SSSR count). The third-order valence-electron chi connectivity index (χ3n) is 2.54. The predicted molar refractivity (Wildman–Crippen MR) is 68.5 cm³/mol. The standard InChI is InChI=1S/C10H14N6O2S/c1-6-3-4-9(8(11)5-6)19(17,18)14-7(2)10-12-15-16-13-10/h3-5,7,14H,11H2,1-2H3,(H,12,13,15,16). The van der Waals surface area contributed by atoms with Crippen LogP contribution in [0.15, 0.2) is 23.1 Å². The molecule has 0 amide bonds. The maximum Gasteiger partial charge on any atom is 0.243 e. The minimum absolute atomic E-state index is 0.0356. The van der Waals surface area contributed by atoms with Crippen LogP contribution in [-0.2, 0) is 10.0 Å². The van der Waals surface area contributed by atoms with Gasteiger partial charge in [0.2, 0.25) is 10.0 Å². The number of nitrogens with one attached hydrogen (secondary N) is 2. The second-order valence-corrected chi connectivity index (χ2v) is 5.84. The molecule has 1 aromatic carbocycles. The minimum atomic E-state index is -3.73. The molecule has 0 fully saturated rings. The van der Waals surface area contributed by atoms with Gasteiger partial charge in [-0.15, -0.1) is 10.2 Å². The van der Waals surface area contributed by atoms with E-state index in [4.69, 9.17) is 5.73 Å². The second-order valence-electron chi connectivity index (χ2n) is 4.15. The van der Waals surface area contributed by atoms with Gasteiger partial charge in [-0.3, -0.25) is 0 Å². The molecular weight excluding hydrogens is 268 g/mol. The van der Waals surface area contributed by atoms with Gasteiger partial charge in [-0.1, -0.05) is 11.3 Å². The molecule has 1 unspecified atom stereocenters. The summed E-state index contributed by atoms with van der Waals surface area (Å²) in [6.07, 6.45) is 0. The summed E-state index contributed by atoms with van der Waals surface area (Å²) in [4.78, 5) is 0.0356. The molecule has 0 aliphatic heterocycles. The van der Waals surface area contributed by atoms with E-state index in [0.717, 1.165) is 5.56 Å². The van der Waals surface area contributed by atoms with Crippen LogP contribution in [0.3, 0.4) is 0 Å². The van der Waals surface area contributed by atoms with Gasteiger partial charge in [-0.2, -0.15) is 5.21 Å². The Bertz CT molecular complexity index is 667. The number of aromatic amines is 1. The number of hydrogen-bond donors (Lipinski definition) is 3. The lowest BCUT2D eigenvalue weighted by molar-refractivity contribution is 0.560. The van der Waals surface area contributed by atoms with Crippen LogP contribution in [-0.4, -0.2) is 29.0 Å². The normalized spacial score (nSPS) is 13.4. The lowest BCUT2D eigenvalue weighted by atomic mass is 10.2. The molecule has 102 valence electrons. The first-order chi connectivity index (χ1) is 8.90. The molecule has 0 bridgehead atoms. The Labute approximate surface area is 110 Å². The van der Waals surface area contributed by atoms with Crippen molar-refractivity contribution < 1.29 is 8.42 Å². The zero-order chi connectivity index (χ0) is 14.0. The number of aromatic nitrogens is 4. The fourth-order valence-electron chi connectivity index (χ4n) is 1.61. The number of H-pyrrole nitrogens is 1. The van der Waals surface area contributed by atoms with Crippen molar-refractivity contribution in [3.8, 4) is 0 Å². The van der Waals surface area contributed by atoms with Crippen LogP contribution in [0.2, 0.25) is 0 Å². The molecule has 1 heterocycles. The van der Waals surface area contributed by atoms with Gasteiger partial charge in [-0.25, -0.2) is 13.1 Å². The smallest absolute Gasteiger partial charge is 0.243 e. The maximum absolute atomic E-state index is 12.2. The Kier molecular flexibility index (Phi) is 3.49. The largest absolute Gasteiger partial charge is 0.398 e. The third-order valence-corrected chi connectivity index (χ3v) is 4.15. The van der Waals surface area contributed by atoms with Gasteiger partial charge in [0.05, 0.1) is 11.7 Å². The number of aryl methyl sites for hydroxylation is 1. The van der Waals surface area contributed by atoms with E-state index in [9.17, 15) is 8.42 Å². The first-order valence-electron chi connectivity index (χ1n) is 5.52. The number of benzene rings is 1. The van der Waals surface area contributed by atoms with Crippen molar-refractivity contribution in [2.45, 2.75) is 24.8 Å². The van der Waals surface area contributed by atoms with Crippen molar-refractivity contribution in [3.05, 3.63) is 29.6 Å². The van der Waals surface area contributed by atoms with Gasteiger partial charge >= 0.3 is 0 Å². The first kappa shape index (κ1) is 13.4. The van der Waals surface area contributed by atoms with E-state index in [-0.39, 0.29) is 16.4 Å². The lowest BCUT2D eigenvalue weighted by Crippen LogP contribution is -2.28.